The number of aryl methyl sites for hydroxylation is 1. The molecule has 5 rings (SSSR count). The molecule has 0 radical (unpaired) electrons. The molecule has 0 saturated carbocycles. The van der Waals surface area contributed by atoms with Crippen molar-refractivity contribution in [2.45, 2.75) is 19.4 Å². The maximum absolute atomic E-state index is 12.9. The zero-order chi connectivity index (χ0) is 22.1. The van der Waals surface area contributed by atoms with E-state index in [1.807, 2.05) is 66.1 Å². The predicted octanol–water partition coefficient (Wildman–Crippen LogP) is 4.55. The van der Waals surface area contributed by atoms with Gasteiger partial charge in [-0.15, -0.1) is 10.2 Å². The fourth-order valence-electron chi connectivity index (χ4n) is 3.83. The number of halogens is 1. The van der Waals surface area contributed by atoms with Crippen molar-refractivity contribution in [3.63, 3.8) is 0 Å². The van der Waals surface area contributed by atoms with E-state index in [4.69, 9.17) is 16.6 Å². The number of amides is 1. The van der Waals surface area contributed by atoms with Crippen molar-refractivity contribution in [1.29, 1.82) is 0 Å². The number of carbonyl (C=O) groups excluding carboxylic acids is 1. The maximum atomic E-state index is 12.9. The molecule has 0 saturated heterocycles. The number of hydrogen-bond acceptors (Lipinski definition) is 5. The number of rotatable bonds is 4. The fourth-order valence-corrected chi connectivity index (χ4v) is 3.95. The summed E-state index contributed by atoms with van der Waals surface area (Å²) in [4.78, 5) is 22.1. The highest BCUT2D eigenvalue weighted by atomic mass is 35.5. The highest BCUT2D eigenvalue weighted by Gasteiger charge is 2.29. The molecule has 1 aliphatic rings. The lowest BCUT2D eigenvalue weighted by atomic mass is 10.0. The molecule has 0 spiro atoms. The van der Waals surface area contributed by atoms with E-state index in [1.165, 1.54) is 0 Å². The Labute approximate surface area is 189 Å². The van der Waals surface area contributed by atoms with Crippen LogP contribution in [0.1, 0.15) is 35.2 Å². The van der Waals surface area contributed by atoms with E-state index in [1.54, 1.807) is 18.3 Å². The van der Waals surface area contributed by atoms with Crippen molar-refractivity contribution in [1.82, 2.24) is 19.7 Å². The first-order chi connectivity index (χ1) is 15.6. The number of aromatic nitrogens is 4. The van der Waals surface area contributed by atoms with Crippen LogP contribution in [0.5, 0.6) is 0 Å². The molecule has 1 aliphatic heterocycles. The number of nitrogens with one attached hydrogen (secondary N) is 1. The van der Waals surface area contributed by atoms with E-state index < -0.39 is 6.04 Å². The van der Waals surface area contributed by atoms with Gasteiger partial charge in [0.15, 0.2) is 5.82 Å². The van der Waals surface area contributed by atoms with Crippen molar-refractivity contribution in [3.8, 4) is 5.69 Å². The SMILES string of the molecule is Cc1nnc2n1-c1ccccc1C(c1ccc(Cl)cc1)=NC2CC(=O)Nc1ccccn1. The average Bonchev–Trinajstić information content (AvgIpc) is 3.13. The van der Waals surface area contributed by atoms with E-state index >= 15 is 0 Å². The fraction of sp³-hybridized carbons (Fsp3) is 0.125. The number of fused-ring (bicyclic) bond motifs is 3. The highest BCUT2D eigenvalue weighted by Crippen LogP contribution is 2.32. The van der Waals surface area contributed by atoms with Crippen LogP contribution in [0.25, 0.3) is 5.69 Å². The van der Waals surface area contributed by atoms with Crippen LogP contribution in [0, 0.1) is 6.92 Å². The van der Waals surface area contributed by atoms with E-state index in [0.29, 0.717) is 16.7 Å². The first-order valence-corrected chi connectivity index (χ1v) is 10.5. The molecule has 2 aromatic carbocycles. The van der Waals surface area contributed by atoms with Crippen molar-refractivity contribution in [3.05, 3.63) is 101 Å². The minimum absolute atomic E-state index is 0.0970. The van der Waals surface area contributed by atoms with E-state index in [0.717, 1.165) is 28.4 Å². The number of anilines is 1. The normalized spacial score (nSPS) is 14.7. The van der Waals surface area contributed by atoms with Crippen molar-refractivity contribution >= 4 is 29.0 Å². The third kappa shape index (κ3) is 3.78. The first kappa shape index (κ1) is 20.1. The Morgan fingerprint density at radius 1 is 1.03 bits per heavy atom. The summed E-state index contributed by atoms with van der Waals surface area (Å²) in [5.41, 5.74) is 3.55. The van der Waals surface area contributed by atoms with Gasteiger partial charge in [-0.1, -0.05) is 48.0 Å². The molecule has 4 aromatic rings. The molecule has 2 aromatic heterocycles. The summed E-state index contributed by atoms with van der Waals surface area (Å²) in [5.74, 6) is 1.64. The lowest BCUT2D eigenvalue weighted by Gasteiger charge is -2.12. The van der Waals surface area contributed by atoms with Crippen LogP contribution in [0.2, 0.25) is 5.02 Å². The Balaban J connectivity index is 1.61. The van der Waals surface area contributed by atoms with Gasteiger partial charge >= 0.3 is 0 Å². The standard InChI is InChI=1S/C24H19ClN6O/c1-15-29-30-24-19(14-22(32)28-21-8-4-5-13-26-21)27-23(16-9-11-17(25)12-10-16)18-6-2-3-7-20(18)31(15)24/h2-13,19H,14H2,1H3,(H,26,28,32). The summed E-state index contributed by atoms with van der Waals surface area (Å²) < 4.78 is 1.97. The van der Waals surface area contributed by atoms with Crippen LogP contribution >= 0.6 is 11.6 Å². The van der Waals surface area contributed by atoms with Gasteiger partial charge in [0.25, 0.3) is 0 Å². The molecule has 32 heavy (non-hydrogen) atoms. The third-order valence-electron chi connectivity index (χ3n) is 5.26. The quantitative estimate of drug-likeness (QED) is 0.502. The van der Waals surface area contributed by atoms with Crippen molar-refractivity contribution < 1.29 is 4.79 Å². The van der Waals surface area contributed by atoms with E-state index in [9.17, 15) is 4.79 Å². The molecule has 1 N–H and O–H groups in total. The van der Waals surface area contributed by atoms with Crippen LogP contribution in [-0.4, -0.2) is 31.4 Å². The van der Waals surface area contributed by atoms with Crippen molar-refractivity contribution in [2.75, 3.05) is 5.32 Å². The molecule has 3 heterocycles. The zero-order valence-corrected chi connectivity index (χ0v) is 18.0. The van der Waals surface area contributed by atoms with Gasteiger partial charge in [0.1, 0.15) is 17.7 Å². The summed E-state index contributed by atoms with van der Waals surface area (Å²) >= 11 is 6.11. The molecule has 1 atom stereocenters. The molecule has 8 heteroatoms. The van der Waals surface area contributed by atoms with Gasteiger partial charge in [0, 0.05) is 22.3 Å². The van der Waals surface area contributed by atoms with Gasteiger partial charge in [-0.3, -0.25) is 14.4 Å². The predicted molar refractivity (Wildman–Crippen MR) is 123 cm³/mol. The third-order valence-corrected chi connectivity index (χ3v) is 5.51. The Morgan fingerprint density at radius 3 is 2.59 bits per heavy atom. The number of carbonyl (C=O) groups is 1. The monoisotopic (exact) mass is 442 g/mol. The summed E-state index contributed by atoms with van der Waals surface area (Å²) in [6, 6.07) is 20.3. The van der Waals surface area contributed by atoms with Crippen LogP contribution in [0.15, 0.2) is 77.9 Å². The largest absolute Gasteiger partial charge is 0.311 e. The van der Waals surface area contributed by atoms with Gasteiger partial charge in [-0.05, 0) is 37.3 Å². The average molecular weight is 443 g/mol. The summed E-state index contributed by atoms with van der Waals surface area (Å²) in [5, 5.41) is 12.1. The van der Waals surface area contributed by atoms with Gasteiger partial charge in [-0.2, -0.15) is 0 Å². The first-order valence-electron chi connectivity index (χ1n) is 10.2. The van der Waals surface area contributed by atoms with Gasteiger partial charge in [-0.25, -0.2) is 4.98 Å². The van der Waals surface area contributed by atoms with Crippen LogP contribution in [-0.2, 0) is 4.79 Å². The molecule has 158 valence electrons. The molecule has 0 aliphatic carbocycles. The molecule has 0 fully saturated rings. The number of benzene rings is 2. The smallest absolute Gasteiger partial charge is 0.228 e. The molecule has 0 bridgehead atoms. The summed E-state index contributed by atoms with van der Waals surface area (Å²) in [6.45, 7) is 1.89. The lowest BCUT2D eigenvalue weighted by Crippen LogP contribution is -2.17. The molecular weight excluding hydrogens is 424 g/mol. The van der Waals surface area contributed by atoms with E-state index in [2.05, 4.69) is 20.5 Å². The number of nitrogens with zero attached hydrogens (tertiary/aromatic N) is 5. The Bertz CT molecular complexity index is 1310. The lowest BCUT2D eigenvalue weighted by molar-refractivity contribution is -0.116. The Morgan fingerprint density at radius 2 is 1.81 bits per heavy atom. The second-order valence-electron chi connectivity index (χ2n) is 7.43. The number of pyridine rings is 1. The van der Waals surface area contributed by atoms with Crippen LogP contribution in [0.4, 0.5) is 5.82 Å². The second kappa shape index (κ2) is 8.36. The minimum atomic E-state index is -0.530. The summed E-state index contributed by atoms with van der Waals surface area (Å²) in [6.07, 6.45) is 1.73. The second-order valence-corrected chi connectivity index (χ2v) is 7.86. The minimum Gasteiger partial charge on any atom is -0.311 e. The number of aliphatic imine (C=N–C) groups is 1. The highest BCUT2D eigenvalue weighted by molar-refractivity contribution is 6.30. The maximum Gasteiger partial charge on any atom is 0.228 e. The molecule has 7 nitrogen and oxygen atoms in total. The van der Waals surface area contributed by atoms with E-state index in [-0.39, 0.29) is 12.3 Å². The van der Waals surface area contributed by atoms with Crippen LogP contribution in [0.3, 0.4) is 0 Å². The van der Waals surface area contributed by atoms with Crippen molar-refractivity contribution in [2.24, 2.45) is 4.99 Å². The van der Waals surface area contributed by atoms with Crippen LogP contribution < -0.4 is 5.32 Å². The molecule has 1 amide bonds. The Hall–Kier alpha value is -3.84. The van der Waals surface area contributed by atoms with Gasteiger partial charge in [0.2, 0.25) is 5.91 Å². The molecular formula is C24H19ClN6O. The summed E-state index contributed by atoms with van der Waals surface area (Å²) in [7, 11) is 0. The topological polar surface area (TPSA) is 85.1 Å². The van der Waals surface area contributed by atoms with Gasteiger partial charge < -0.3 is 5.32 Å². The zero-order valence-electron chi connectivity index (χ0n) is 17.2. The Kier molecular flexibility index (Phi) is 5.25. The number of hydrogen-bond donors (Lipinski definition) is 1. The molecule has 1 unspecified atom stereocenters. The number of para-hydroxylation sites is 1. The van der Waals surface area contributed by atoms with Gasteiger partial charge in [0.05, 0.1) is 17.8 Å².